The van der Waals surface area contributed by atoms with Gasteiger partial charge in [0, 0.05) is 43.4 Å². The van der Waals surface area contributed by atoms with Crippen LogP contribution in [0.4, 0.5) is 21.6 Å². The standard InChI is InChI=1S/C29H28ClFN6O4/c1-2-28(38)35-25-13-20-23(16-27(25)40-12-9-37-7-10-39-11-8-37)33-18-34-29(20)36-24-14-21(30)26(15-22(24)31)41-17-19-5-3-4-6-32-19/h2-6,13-16,18H,1,7-12,17H2,(H,35,38)(H,33,34,36). The number of rotatable bonds is 11. The van der Waals surface area contributed by atoms with Crippen molar-refractivity contribution in [1.82, 2.24) is 19.9 Å². The lowest BCUT2D eigenvalue weighted by Gasteiger charge is -2.26. The molecule has 0 unspecified atom stereocenters. The number of nitrogens with zero attached hydrogens (tertiary/aromatic N) is 4. The fraction of sp³-hybridized carbons (Fsp3) is 0.241. The number of amides is 1. The summed E-state index contributed by atoms with van der Waals surface area (Å²) >= 11 is 6.41. The molecule has 3 heterocycles. The summed E-state index contributed by atoms with van der Waals surface area (Å²) in [4.78, 5) is 27.3. The zero-order valence-electron chi connectivity index (χ0n) is 22.1. The molecule has 0 atom stereocenters. The van der Waals surface area contributed by atoms with E-state index in [1.807, 2.05) is 6.07 Å². The van der Waals surface area contributed by atoms with E-state index in [1.165, 1.54) is 18.5 Å². The van der Waals surface area contributed by atoms with Gasteiger partial charge in [-0.25, -0.2) is 14.4 Å². The number of benzene rings is 2. The van der Waals surface area contributed by atoms with Crippen LogP contribution in [-0.2, 0) is 16.1 Å². The van der Waals surface area contributed by atoms with Crippen molar-refractivity contribution in [1.29, 1.82) is 0 Å². The van der Waals surface area contributed by atoms with Gasteiger partial charge >= 0.3 is 0 Å². The summed E-state index contributed by atoms with van der Waals surface area (Å²) in [5.41, 5.74) is 1.70. The molecule has 0 spiro atoms. The first kappa shape index (κ1) is 28.2. The Morgan fingerprint density at radius 1 is 1.10 bits per heavy atom. The quantitative estimate of drug-likeness (QED) is 0.238. The van der Waals surface area contributed by atoms with Crippen LogP contribution in [0.1, 0.15) is 5.69 Å². The summed E-state index contributed by atoms with van der Waals surface area (Å²) < 4.78 is 32.2. The van der Waals surface area contributed by atoms with Gasteiger partial charge in [-0.05, 0) is 30.3 Å². The molecule has 1 aliphatic heterocycles. The number of carbonyl (C=O) groups is 1. The Kier molecular flexibility index (Phi) is 9.19. The van der Waals surface area contributed by atoms with Crippen molar-refractivity contribution in [3.8, 4) is 11.5 Å². The zero-order valence-corrected chi connectivity index (χ0v) is 22.9. The predicted octanol–water partition coefficient (Wildman–Crippen LogP) is 4.98. The lowest BCUT2D eigenvalue weighted by molar-refractivity contribution is -0.111. The number of halogens is 2. The van der Waals surface area contributed by atoms with Gasteiger partial charge in [-0.3, -0.25) is 14.7 Å². The number of hydrogen-bond donors (Lipinski definition) is 2. The van der Waals surface area contributed by atoms with E-state index >= 15 is 4.39 Å². The number of fused-ring (bicyclic) bond motifs is 1. The number of anilines is 3. The van der Waals surface area contributed by atoms with Gasteiger partial charge in [0.15, 0.2) is 0 Å². The van der Waals surface area contributed by atoms with Gasteiger partial charge in [0.2, 0.25) is 5.91 Å². The molecule has 212 valence electrons. The van der Waals surface area contributed by atoms with E-state index in [2.05, 4.69) is 37.1 Å². The molecule has 2 aromatic carbocycles. The van der Waals surface area contributed by atoms with Crippen LogP contribution < -0.4 is 20.1 Å². The first-order chi connectivity index (χ1) is 20.0. The maximum atomic E-state index is 15.1. The molecular weight excluding hydrogens is 551 g/mol. The highest BCUT2D eigenvalue weighted by Crippen LogP contribution is 2.36. The van der Waals surface area contributed by atoms with Crippen LogP contribution in [0.25, 0.3) is 10.9 Å². The first-order valence-corrected chi connectivity index (χ1v) is 13.3. The van der Waals surface area contributed by atoms with Crippen molar-refractivity contribution in [3.05, 3.63) is 84.2 Å². The second kappa shape index (κ2) is 13.4. The third-order valence-corrected chi connectivity index (χ3v) is 6.62. The van der Waals surface area contributed by atoms with E-state index in [0.29, 0.717) is 60.2 Å². The normalized spacial score (nSPS) is 13.5. The van der Waals surface area contributed by atoms with Crippen LogP contribution >= 0.6 is 11.6 Å². The molecule has 5 rings (SSSR count). The Labute approximate surface area is 241 Å². The van der Waals surface area contributed by atoms with Gasteiger partial charge in [0.05, 0.1) is 40.8 Å². The largest absolute Gasteiger partial charge is 0.490 e. The topological polar surface area (TPSA) is 111 Å². The fourth-order valence-electron chi connectivity index (χ4n) is 4.19. The molecule has 1 fully saturated rings. The van der Waals surface area contributed by atoms with E-state index in [4.69, 9.17) is 25.8 Å². The van der Waals surface area contributed by atoms with Crippen molar-refractivity contribution < 1.29 is 23.4 Å². The second-order valence-corrected chi connectivity index (χ2v) is 9.49. The molecule has 2 N–H and O–H groups in total. The Balaban J connectivity index is 1.37. The highest BCUT2D eigenvalue weighted by molar-refractivity contribution is 6.32. The summed E-state index contributed by atoms with van der Waals surface area (Å²) in [6, 6.07) is 11.4. The minimum Gasteiger partial charge on any atom is -0.490 e. The molecule has 1 saturated heterocycles. The van der Waals surface area contributed by atoms with Gasteiger partial charge in [0.25, 0.3) is 0 Å². The van der Waals surface area contributed by atoms with Crippen molar-refractivity contribution in [2.75, 3.05) is 50.1 Å². The molecule has 0 saturated carbocycles. The summed E-state index contributed by atoms with van der Waals surface area (Å²) in [6.07, 6.45) is 4.17. The zero-order chi connectivity index (χ0) is 28.6. The number of carbonyl (C=O) groups excluding carboxylic acids is 1. The van der Waals surface area contributed by atoms with Gasteiger partial charge in [-0.2, -0.15) is 0 Å². The molecular formula is C29H28ClFN6O4. The minimum atomic E-state index is -0.597. The van der Waals surface area contributed by atoms with Crippen LogP contribution in [-0.4, -0.2) is 65.2 Å². The van der Waals surface area contributed by atoms with Crippen LogP contribution in [0.3, 0.4) is 0 Å². The van der Waals surface area contributed by atoms with E-state index < -0.39 is 11.7 Å². The predicted molar refractivity (Wildman–Crippen MR) is 154 cm³/mol. The number of morpholine rings is 1. The van der Waals surface area contributed by atoms with Gasteiger partial charge in [0.1, 0.15) is 42.7 Å². The molecule has 1 aliphatic rings. The Hall–Kier alpha value is -4.32. The maximum Gasteiger partial charge on any atom is 0.247 e. The maximum absolute atomic E-state index is 15.1. The van der Waals surface area contributed by atoms with Crippen molar-refractivity contribution in [2.45, 2.75) is 6.61 Å². The molecule has 0 radical (unpaired) electrons. The third-order valence-electron chi connectivity index (χ3n) is 6.33. The molecule has 0 bridgehead atoms. The highest BCUT2D eigenvalue weighted by atomic mass is 35.5. The number of nitrogens with one attached hydrogen (secondary N) is 2. The Morgan fingerprint density at radius 2 is 1.95 bits per heavy atom. The van der Waals surface area contributed by atoms with Crippen LogP contribution in [0, 0.1) is 5.82 Å². The van der Waals surface area contributed by atoms with Crippen LogP contribution in [0.5, 0.6) is 11.5 Å². The van der Waals surface area contributed by atoms with Crippen LogP contribution in [0.15, 0.2) is 67.6 Å². The SMILES string of the molecule is C=CC(=O)Nc1cc2c(Nc3cc(Cl)c(OCc4ccccn4)cc3F)ncnc2cc1OCCN1CCOCC1. The lowest BCUT2D eigenvalue weighted by atomic mass is 10.1. The van der Waals surface area contributed by atoms with Crippen LogP contribution in [0.2, 0.25) is 5.02 Å². The number of pyridine rings is 1. The van der Waals surface area contributed by atoms with Gasteiger partial charge in [-0.15, -0.1) is 0 Å². The van der Waals surface area contributed by atoms with Gasteiger partial charge < -0.3 is 24.8 Å². The van der Waals surface area contributed by atoms with E-state index in [0.717, 1.165) is 19.2 Å². The molecule has 2 aromatic heterocycles. The summed E-state index contributed by atoms with van der Waals surface area (Å²) in [6.45, 7) is 7.82. The third kappa shape index (κ3) is 7.26. The number of hydrogen-bond acceptors (Lipinski definition) is 9. The smallest absolute Gasteiger partial charge is 0.247 e. The molecule has 0 aliphatic carbocycles. The second-order valence-electron chi connectivity index (χ2n) is 9.08. The van der Waals surface area contributed by atoms with Crippen molar-refractivity contribution in [2.24, 2.45) is 0 Å². The molecule has 12 heteroatoms. The average molecular weight is 579 g/mol. The highest BCUT2D eigenvalue weighted by Gasteiger charge is 2.17. The molecule has 1 amide bonds. The molecule has 10 nitrogen and oxygen atoms in total. The average Bonchev–Trinajstić information content (AvgIpc) is 2.99. The minimum absolute atomic E-state index is 0.0858. The van der Waals surface area contributed by atoms with Gasteiger partial charge in [-0.1, -0.05) is 24.2 Å². The summed E-state index contributed by atoms with van der Waals surface area (Å²) in [5, 5.41) is 6.49. The molecule has 4 aromatic rings. The van der Waals surface area contributed by atoms with E-state index in [9.17, 15) is 4.79 Å². The van der Waals surface area contributed by atoms with E-state index in [-0.39, 0.29) is 23.1 Å². The number of aromatic nitrogens is 3. The summed E-state index contributed by atoms with van der Waals surface area (Å²) in [7, 11) is 0. The Morgan fingerprint density at radius 3 is 2.73 bits per heavy atom. The summed E-state index contributed by atoms with van der Waals surface area (Å²) in [5.74, 6) is -0.0789. The fourth-order valence-corrected chi connectivity index (χ4v) is 4.41. The number of ether oxygens (including phenoxy) is 3. The lowest BCUT2D eigenvalue weighted by Crippen LogP contribution is -2.38. The van der Waals surface area contributed by atoms with Crippen molar-refractivity contribution >= 4 is 45.6 Å². The Bertz CT molecular complexity index is 1540. The monoisotopic (exact) mass is 578 g/mol. The van der Waals surface area contributed by atoms with Crippen molar-refractivity contribution in [3.63, 3.8) is 0 Å². The molecule has 41 heavy (non-hydrogen) atoms. The first-order valence-electron chi connectivity index (χ1n) is 12.9. The van der Waals surface area contributed by atoms with E-state index in [1.54, 1.807) is 30.5 Å².